The maximum Gasteiger partial charge on any atom is 0.247 e. The molecule has 4 aromatic rings. The Hall–Kier alpha value is -3.61. The molecule has 0 spiro atoms. The van der Waals surface area contributed by atoms with Crippen LogP contribution in [0.4, 0.5) is 5.69 Å². The number of benzene rings is 3. The largest absolute Gasteiger partial charge is 0.361 e. The molecule has 1 aliphatic heterocycles. The summed E-state index contributed by atoms with van der Waals surface area (Å²) in [7, 11) is 0. The molecule has 186 valence electrons. The summed E-state index contributed by atoms with van der Waals surface area (Å²) >= 11 is 0. The van der Waals surface area contributed by atoms with Gasteiger partial charge in [-0.1, -0.05) is 61.5 Å². The van der Waals surface area contributed by atoms with Crippen LogP contribution in [0.2, 0.25) is 0 Å². The van der Waals surface area contributed by atoms with Gasteiger partial charge in [0.2, 0.25) is 11.8 Å². The van der Waals surface area contributed by atoms with Crippen LogP contribution in [-0.2, 0) is 35.4 Å². The Labute approximate surface area is 217 Å². The topological polar surface area (TPSA) is 86.0 Å². The number of hydrogen-bond acceptors (Lipinski definition) is 3. The first kappa shape index (κ1) is 25.5. The minimum Gasteiger partial charge on any atom is -0.361 e. The fourth-order valence-corrected chi connectivity index (χ4v) is 4.69. The zero-order chi connectivity index (χ0) is 24.2. The first-order valence-corrected chi connectivity index (χ1v) is 12.2. The van der Waals surface area contributed by atoms with Crippen molar-refractivity contribution in [1.82, 2.24) is 15.6 Å². The number of carbonyl (C=O) groups is 2. The molecule has 3 aromatic carbocycles. The molecule has 1 aromatic heterocycles. The number of para-hydroxylation sites is 1. The van der Waals surface area contributed by atoms with Crippen molar-refractivity contribution < 1.29 is 9.59 Å². The number of halogens is 1. The van der Waals surface area contributed by atoms with Crippen LogP contribution in [0.15, 0.2) is 79.0 Å². The highest BCUT2D eigenvalue weighted by Gasteiger charge is 2.29. The van der Waals surface area contributed by atoms with E-state index in [4.69, 9.17) is 0 Å². The number of aryl methyl sites for hydroxylation is 1. The molecule has 2 amide bonds. The van der Waals surface area contributed by atoms with Gasteiger partial charge in [0.25, 0.3) is 0 Å². The monoisotopic (exact) mass is 502 g/mol. The van der Waals surface area contributed by atoms with Gasteiger partial charge in [-0.2, -0.15) is 0 Å². The Kier molecular flexibility index (Phi) is 8.08. The van der Waals surface area contributed by atoms with Crippen molar-refractivity contribution >= 4 is 40.8 Å². The summed E-state index contributed by atoms with van der Waals surface area (Å²) in [6, 6.07) is 22.9. The van der Waals surface area contributed by atoms with Gasteiger partial charge in [0, 0.05) is 35.8 Å². The molecule has 0 saturated carbocycles. The number of amides is 2. The molecule has 7 heteroatoms. The highest BCUT2D eigenvalue weighted by atomic mass is 35.5. The molecule has 2 atom stereocenters. The molecule has 5 rings (SSSR count). The van der Waals surface area contributed by atoms with E-state index < -0.39 is 6.04 Å². The van der Waals surface area contributed by atoms with Gasteiger partial charge in [-0.05, 0) is 53.3 Å². The molecule has 1 aliphatic rings. The lowest BCUT2D eigenvalue weighted by molar-refractivity contribution is -0.128. The second-order valence-corrected chi connectivity index (χ2v) is 9.07. The number of hydrogen-bond donors (Lipinski definition) is 4. The van der Waals surface area contributed by atoms with Crippen molar-refractivity contribution in [3.63, 3.8) is 0 Å². The highest BCUT2D eigenvalue weighted by Crippen LogP contribution is 2.21. The second kappa shape index (κ2) is 11.4. The van der Waals surface area contributed by atoms with Gasteiger partial charge in [-0.3, -0.25) is 9.59 Å². The highest BCUT2D eigenvalue weighted by molar-refractivity contribution is 5.98. The summed E-state index contributed by atoms with van der Waals surface area (Å²) < 4.78 is 0. The van der Waals surface area contributed by atoms with Crippen molar-refractivity contribution in [1.29, 1.82) is 0 Å². The molecular formula is C29H31ClN4O2. The minimum absolute atomic E-state index is 0. The molecule has 0 bridgehead atoms. The molecule has 6 nitrogen and oxygen atoms in total. The molecule has 0 fully saturated rings. The Morgan fingerprint density at radius 3 is 2.47 bits per heavy atom. The maximum atomic E-state index is 13.4. The van der Waals surface area contributed by atoms with Crippen LogP contribution in [0.25, 0.3) is 10.9 Å². The summed E-state index contributed by atoms with van der Waals surface area (Å²) in [5.74, 6) is -0.398. The predicted octanol–water partition coefficient (Wildman–Crippen LogP) is 4.53. The van der Waals surface area contributed by atoms with E-state index in [0.717, 1.165) is 28.6 Å². The zero-order valence-corrected chi connectivity index (χ0v) is 21.0. The Bertz CT molecular complexity index is 1350. The molecule has 2 heterocycles. The molecule has 36 heavy (non-hydrogen) atoms. The number of H-pyrrole nitrogens is 1. The summed E-state index contributed by atoms with van der Waals surface area (Å²) in [6.07, 6.45) is 3.84. The number of fused-ring (bicyclic) bond motifs is 2. The second-order valence-electron chi connectivity index (χ2n) is 9.07. The number of aromatic amines is 1. The van der Waals surface area contributed by atoms with E-state index in [9.17, 15) is 9.59 Å². The van der Waals surface area contributed by atoms with Gasteiger partial charge >= 0.3 is 0 Å². The average Bonchev–Trinajstić information content (AvgIpc) is 3.31. The number of anilines is 1. The van der Waals surface area contributed by atoms with Crippen molar-refractivity contribution in [3.8, 4) is 0 Å². The third-order valence-corrected chi connectivity index (χ3v) is 6.76. The van der Waals surface area contributed by atoms with Crippen LogP contribution < -0.4 is 16.0 Å². The molecule has 0 aliphatic carbocycles. The number of rotatable bonds is 7. The van der Waals surface area contributed by atoms with E-state index >= 15 is 0 Å². The van der Waals surface area contributed by atoms with E-state index in [-0.39, 0.29) is 30.3 Å². The minimum atomic E-state index is -0.716. The zero-order valence-electron chi connectivity index (χ0n) is 20.2. The van der Waals surface area contributed by atoms with E-state index in [2.05, 4.69) is 40.0 Å². The van der Waals surface area contributed by atoms with Crippen molar-refractivity contribution in [3.05, 3.63) is 101 Å². The summed E-state index contributed by atoms with van der Waals surface area (Å²) in [5.41, 5.74) is 6.30. The Morgan fingerprint density at radius 2 is 1.69 bits per heavy atom. The standard InChI is InChI=1S/C29H30N4O2.ClH/c1-2-19-11-13-23(14-12-19)32-29(35)27(16-22-18-30-25-10-6-5-9-24(22)25)33-28(34)26-15-20-7-3-4-8-21(20)17-31-26;/h3-14,18,26-27,30-31H,2,15-17H2,1H3,(H,32,35)(H,33,34);1H. The lowest BCUT2D eigenvalue weighted by Gasteiger charge is -2.27. The number of carbonyl (C=O) groups excluding carboxylic acids is 2. The van der Waals surface area contributed by atoms with E-state index in [1.54, 1.807) is 0 Å². The molecule has 0 saturated heterocycles. The smallest absolute Gasteiger partial charge is 0.247 e. The lowest BCUT2D eigenvalue weighted by Crippen LogP contribution is -2.53. The van der Waals surface area contributed by atoms with Crippen LogP contribution in [-0.4, -0.2) is 28.9 Å². The first-order valence-electron chi connectivity index (χ1n) is 12.2. The van der Waals surface area contributed by atoms with Crippen LogP contribution >= 0.6 is 12.4 Å². The summed E-state index contributed by atoms with van der Waals surface area (Å²) in [4.78, 5) is 29.9. The van der Waals surface area contributed by atoms with Gasteiger partial charge in [0.15, 0.2) is 0 Å². The van der Waals surface area contributed by atoms with Gasteiger partial charge in [-0.25, -0.2) is 0 Å². The lowest BCUT2D eigenvalue weighted by atomic mass is 9.95. The number of nitrogens with one attached hydrogen (secondary N) is 4. The molecule has 2 unspecified atom stereocenters. The van der Waals surface area contributed by atoms with Crippen LogP contribution in [0.5, 0.6) is 0 Å². The summed E-state index contributed by atoms with van der Waals surface area (Å²) in [6.45, 7) is 2.73. The third-order valence-electron chi connectivity index (χ3n) is 6.76. The van der Waals surface area contributed by atoms with Crippen LogP contribution in [0.3, 0.4) is 0 Å². The summed E-state index contributed by atoms with van der Waals surface area (Å²) in [5, 5.41) is 10.4. The van der Waals surface area contributed by atoms with Crippen LogP contribution in [0, 0.1) is 0 Å². The fraction of sp³-hybridized carbons (Fsp3) is 0.241. The molecule has 4 N–H and O–H groups in total. The van der Waals surface area contributed by atoms with E-state index in [1.165, 1.54) is 16.7 Å². The van der Waals surface area contributed by atoms with Gasteiger partial charge < -0.3 is 20.9 Å². The SMILES string of the molecule is CCc1ccc(NC(=O)C(Cc2c[nH]c3ccccc23)NC(=O)C2Cc3ccccc3CN2)cc1.Cl. The quantitative estimate of drug-likeness (QED) is 0.299. The fourth-order valence-electron chi connectivity index (χ4n) is 4.69. The van der Waals surface area contributed by atoms with Gasteiger partial charge in [0.1, 0.15) is 6.04 Å². The molecule has 0 radical (unpaired) electrons. The van der Waals surface area contributed by atoms with Gasteiger partial charge in [-0.15, -0.1) is 12.4 Å². The van der Waals surface area contributed by atoms with Crippen molar-refractivity contribution in [2.75, 3.05) is 5.32 Å². The normalized spacial score (nSPS) is 15.4. The van der Waals surface area contributed by atoms with Crippen molar-refractivity contribution in [2.45, 2.75) is 44.8 Å². The Balaban J connectivity index is 0.00000304. The predicted molar refractivity (Wildman–Crippen MR) is 146 cm³/mol. The van der Waals surface area contributed by atoms with E-state index in [0.29, 0.717) is 19.4 Å². The van der Waals surface area contributed by atoms with E-state index in [1.807, 2.05) is 66.9 Å². The average molecular weight is 503 g/mol. The Morgan fingerprint density at radius 1 is 0.972 bits per heavy atom. The number of aromatic nitrogens is 1. The van der Waals surface area contributed by atoms with Crippen LogP contribution in [0.1, 0.15) is 29.2 Å². The third kappa shape index (κ3) is 5.61. The van der Waals surface area contributed by atoms with Crippen molar-refractivity contribution in [2.24, 2.45) is 0 Å². The maximum absolute atomic E-state index is 13.4. The molecular weight excluding hydrogens is 472 g/mol. The van der Waals surface area contributed by atoms with Gasteiger partial charge in [0.05, 0.1) is 6.04 Å². The first-order chi connectivity index (χ1) is 17.1.